The number of ether oxygens (including phenoxy) is 2. The van der Waals surface area contributed by atoms with Crippen LogP contribution >= 0.6 is 15.9 Å². The predicted octanol–water partition coefficient (Wildman–Crippen LogP) is 4.03. The van der Waals surface area contributed by atoms with Crippen molar-refractivity contribution >= 4 is 27.5 Å². The van der Waals surface area contributed by atoms with Crippen LogP contribution in [-0.2, 0) is 0 Å². The van der Waals surface area contributed by atoms with Gasteiger partial charge in [0.25, 0.3) is 5.91 Å². The monoisotopic (exact) mass is 349 g/mol. The average Bonchev–Trinajstić information content (AvgIpc) is 2.46. The van der Waals surface area contributed by atoms with Gasteiger partial charge in [0.1, 0.15) is 0 Å². The summed E-state index contributed by atoms with van der Waals surface area (Å²) in [6, 6.07) is 10.9. The molecule has 0 atom stereocenters. The SMILES string of the molecule is COc1cc(C)c(C(=O)Nc2cccc(Br)c2)cc1OC. The lowest BCUT2D eigenvalue weighted by atomic mass is 10.1. The minimum absolute atomic E-state index is 0.188. The first kappa shape index (κ1) is 15.4. The molecule has 0 aliphatic rings. The molecule has 0 unspecified atom stereocenters. The van der Waals surface area contributed by atoms with Crippen LogP contribution in [0.5, 0.6) is 11.5 Å². The lowest BCUT2D eigenvalue weighted by molar-refractivity contribution is 0.102. The second-order valence-electron chi connectivity index (χ2n) is 4.49. The fraction of sp³-hybridized carbons (Fsp3) is 0.188. The van der Waals surface area contributed by atoms with E-state index in [2.05, 4.69) is 21.2 Å². The Morgan fingerprint density at radius 2 is 1.76 bits per heavy atom. The lowest BCUT2D eigenvalue weighted by Gasteiger charge is -2.13. The van der Waals surface area contributed by atoms with Gasteiger partial charge in [-0.15, -0.1) is 0 Å². The number of rotatable bonds is 4. The molecular formula is C16H16BrNO3. The molecule has 0 fully saturated rings. The maximum absolute atomic E-state index is 12.4. The van der Waals surface area contributed by atoms with Crippen LogP contribution in [0, 0.1) is 6.92 Å². The normalized spacial score (nSPS) is 10.1. The van der Waals surface area contributed by atoms with Gasteiger partial charge in [-0.3, -0.25) is 4.79 Å². The molecule has 5 heteroatoms. The van der Waals surface area contributed by atoms with E-state index in [1.807, 2.05) is 31.2 Å². The molecule has 2 aromatic rings. The molecule has 0 saturated carbocycles. The van der Waals surface area contributed by atoms with Gasteiger partial charge in [-0.05, 0) is 42.8 Å². The molecule has 0 bridgehead atoms. The van der Waals surface area contributed by atoms with Crippen LogP contribution in [0.1, 0.15) is 15.9 Å². The number of hydrogen-bond acceptors (Lipinski definition) is 3. The molecule has 0 saturated heterocycles. The van der Waals surface area contributed by atoms with Crippen LogP contribution in [-0.4, -0.2) is 20.1 Å². The Labute approximate surface area is 132 Å². The van der Waals surface area contributed by atoms with Crippen LogP contribution in [0.3, 0.4) is 0 Å². The van der Waals surface area contributed by atoms with Gasteiger partial charge in [0.15, 0.2) is 11.5 Å². The maximum Gasteiger partial charge on any atom is 0.256 e. The molecule has 1 N–H and O–H groups in total. The summed E-state index contributed by atoms with van der Waals surface area (Å²) < 4.78 is 11.4. The van der Waals surface area contributed by atoms with Gasteiger partial charge in [0.05, 0.1) is 14.2 Å². The highest BCUT2D eigenvalue weighted by molar-refractivity contribution is 9.10. The minimum atomic E-state index is -0.188. The van der Waals surface area contributed by atoms with Crippen molar-refractivity contribution in [3.8, 4) is 11.5 Å². The lowest BCUT2D eigenvalue weighted by Crippen LogP contribution is -2.13. The summed E-state index contributed by atoms with van der Waals surface area (Å²) in [5.41, 5.74) is 2.09. The van der Waals surface area contributed by atoms with Gasteiger partial charge in [-0.2, -0.15) is 0 Å². The largest absolute Gasteiger partial charge is 0.493 e. The Balaban J connectivity index is 2.31. The third-order valence-electron chi connectivity index (χ3n) is 3.06. The molecule has 0 heterocycles. The van der Waals surface area contributed by atoms with Crippen molar-refractivity contribution in [2.75, 3.05) is 19.5 Å². The van der Waals surface area contributed by atoms with Crippen molar-refractivity contribution in [1.82, 2.24) is 0 Å². The number of anilines is 1. The molecule has 0 aliphatic heterocycles. The Hall–Kier alpha value is -2.01. The standard InChI is InChI=1S/C16H16BrNO3/c1-10-7-14(20-2)15(21-3)9-13(10)16(19)18-12-6-4-5-11(17)8-12/h4-9H,1-3H3,(H,18,19). The van der Waals surface area contributed by atoms with Gasteiger partial charge in [-0.25, -0.2) is 0 Å². The van der Waals surface area contributed by atoms with E-state index in [1.54, 1.807) is 26.4 Å². The Morgan fingerprint density at radius 3 is 2.38 bits per heavy atom. The molecule has 0 aromatic heterocycles. The number of methoxy groups -OCH3 is 2. The predicted molar refractivity (Wildman–Crippen MR) is 86.4 cm³/mol. The van der Waals surface area contributed by atoms with Crippen molar-refractivity contribution in [3.05, 3.63) is 52.0 Å². The Bertz CT molecular complexity index is 671. The highest BCUT2D eigenvalue weighted by Gasteiger charge is 2.14. The molecule has 0 radical (unpaired) electrons. The van der Waals surface area contributed by atoms with E-state index < -0.39 is 0 Å². The molecule has 21 heavy (non-hydrogen) atoms. The summed E-state index contributed by atoms with van der Waals surface area (Å²) in [6.45, 7) is 1.86. The van der Waals surface area contributed by atoms with Crippen LogP contribution in [0.4, 0.5) is 5.69 Å². The highest BCUT2D eigenvalue weighted by Crippen LogP contribution is 2.30. The molecule has 2 rings (SSSR count). The zero-order chi connectivity index (χ0) is 15.4. The van der Waals surface area contributed by atoms with Gasteiger partial charge < -0.3 is 14.8 Å². The smallest absolute Gasteiger partial charge is 0.256 e. The van der Waals surface area contributed by atoms with Crippen LogP contribution in [0.25, 0.3) is 0 Å². The third-order valence-corrected chi connectivity index (χ3v) is 3.55. The summed E-state index contributed by atoms with van der Waals surface area (Å²) in [6.07, 6.45) is 0. The second-order valence-corrected chi connectivity index (χ2v) is 5.40. The molecule has 0 spiro atoms. The summed E-state index contributed by atoms with van der Waals surface area (Å²) in [5.74, 6) is 0.947. The first-order valence-electron chi connectivity index (χ1n) is 6.34. The number of aryl methyl sites for hydroxylation is 1. The van der Waals surface area contributed by atoms with Crippen LogP contribution in [0.15, 0.2) is 40.9 Å². The molecule has 1 amide bonds. The van der Waals surface area contributed by atoms with Crippen molar-refractivity contribution in [1.29, 1.82) is 0 Å². The number of benzene rings is 2. The molecule has 2 aromatic carbocycles. The minimum Gasteiger partial charge on any atom is -0.493 e. The third kappa shape index (κ3) is 3.55. The second kappa shape index (κ2) is 6.63. The molecular weight excluding hydrogens is 334 g/mol. The van der Waals surface area contributed by atoms with Crippen molar-refractivity contribution in [2.45, 2.75) is 6.92 Å². The number of carbonyl (C=O) groups excluding carboxylic acids is 1. The first-order valence-corrected chi connectivity index (χ1v) is 7.14. The number of halogens is 1. The van der Waals surface area contributed by atoms with Gasteiger partial charge in [0.2, 0.25) is 0 Å². The van der Waals surface area contributed by atoms with E-state index in [1.165, 1.54) is 0 Å². The average molecular weight is 350 g/mol. The number of carbonyl (C=O) groups is 1. The van der Waals surface area contributed by atoms with Gasteiger partial charge in [0, 0.05) is 15.7 Å². The molecule has 0 aliphatic carbocycles. The summed E-state index contributed by atoms with van der Waals surface area (Å²) in [7, 11) is 3.11. The molecule has 110 valence electrons. The topological polar surface area (TPSA) is 47.6 Å². The summed E-state index contributed by atoms with van der Waals surface area (Å²) >= 11 is 3.38. The van der Waals surface area contributed by atoms with E-state index in [0.29, 0.717) is 17.1 Å². The van der Waals surface area contributed by atoms with Crippen LogP contribution in [0.2, 0.25) is 0 Å². The first-order chi connectivity index (χ1) is 10.0. The zero-order valence-corrected chi connectivity index (χ0v) is 13.7. The summed E-state index contributed by atoms with van der Waals surface area (Å²) in [4.78, 5) is 12.4. The van der Waals surface area contributed by atoms with E-state index in [0.717, 1.165) is 15.7 Å². The Morgan fingerprint density at radius 1 is 1.10 bits per heavy atom. The van der Waals surface area contributed by atoms with E-state index >= 15 is 0 Å². The van der Waals surface area contributed by atoms with Gasteiger partial charge in [-0.1, -0.05) is 22.0 Å². The number of hydrogen-bond donors (Lipinski definition) is 1. The van der Waals surface area contributed by atoms with E-state index in [-0.39, 0.29) is 5.91 Å². The van der Waals surface area contributed by atoms with Crippen LogP contribution < -0.4 is 14.8 Å². The highest BCUT2D eigenvalue weighted by atomic mass is 79.9. The fourth-order valence-electron chi connectivity index (χ4n) is 1.99. The van der Waals surface area contributed by atoms with Gasteiger partial charge >= 0.3 is 0 Å². The Kier molecular flexibility index (Phi) is 4.85. The molecule has 4 nitrogen and oxygen atoms in total. The van der Waals surface area contributed by atoms with Crippen molar-refractivity contribution in [2.24, 2.45) is 0 Å². The fourth-order valence-corrected chi connectivity index (χ4v) is 2.39. The van der Waals surface area contributed by atoms with E-state index in [9.17, 15) is 4.79 Å². The maximum atomic E-state index is 12.4. The number of amides is 1. The summed E-state index contributed by atoms with van der Waals surface area (Å²) in [5, 5.41) is 2.86. The zero-order valence-electron chi connectivity index (χ0n) is 12.1. The van der Waals surface area contributed by atoms with E-state index in [4.69, 9.17) is 9.47 Å². The van der Waals surface area contributed by atoms with Crippen molar-refractivity contribution in [3.63, 3.8) is 0 Å². The quantitative estimate of drug-likeness (QED) is 0.906. The van der Waals surface area contributed by atoms with Crippen molar-refractivity contribution < 1.29 is 14.3 Å². The number of nitrogens with one attached hydrogen (secondary N) is 1.